The molecular weight excluding hydrogens is 242 g/mol. The average Bonchev–Trinajstić information content (AvgIpc) is 2.77. The fraction of sp³-hybridized carbons (Fsp3) is 0.600. The van der Waals surface area contributed by atoms with Gasteiger partial charge in [-0.3, -0.25) is 4.79 Å². The van der Waals surface area contributed by atoms with Crippen LogP contribution in [0, 0.1) is 0 Å². The lowest BCUT2D eigenvalue weighted by atomic mass is 10.3. The van der Waals surface area contributed by atoms with E-state index in [2.05, 4.69) is 23.5 Å². The number of nitrogens with two attached hydrogens (primary N) is 1. The van der Waals surface area contributed by atoms with Gasteiger partial charge in [0.25, 0.3) is 5.91 Å². The van der Waals surface area contributed by atoms with Gasteiger partial charge in [0, 0.05) is 23.7 Å². The molecule has 1 unspecified atom stereocenters. The van der Waals surface area contributed by atoms with Crippen LogP contribution in [0.3, 0.4) is 0 Å². The highest BCUT2D eigenvalue weighted by molar-refractivity contribution is 7.99. The van der Waals surface area contributed by atoms with Gasteiger partial charge in [-0.05, 0) is 12.7 Å². The number of hydrogen-bond acceptors (Lipinski definition) is 5. The summed E-state index contributed by atoms with van der Waals surface area (Å²) >= 11 is 3.22. The Morgan fingerprint density at radius 3 is 3.06 bits per heavy atom. The molecule has 1 atom stereocenters. The van der Waals surface area contributed by atoms with Crippen LogP contribution >= 0.6 is 23.1 Å². The van der Waals surface area contributed by atoms with E-state index in [1.54, 1.807) is 17.1 Å². The summed E-state index contributed by atoms with van der Waals surface area (Å²) in [6.07, 6.45) is 3.04. The zero-order valence-electron chi connectivity index (χ0n) is 9.53. The van der Waals surface area contributed by atoms with Crippen molar-refractivity contribution in [1.82, 2.24) is 10.3 Å². The molecule has 0 aliphatic carbocycles. The van der Waals surface area contributed by atoms with Gasteiger partial charge < -0.3 is 11.1 Å². The van der Waals surface area contributed by atoms with Gasteiger partial charge in [0.2, 0.25) is 0 Å². The number of hydrogen-bond donors (Lipinski definition) is 2. The zero-order chi connectivity index (χ0) is 12.0. The molecule has 6 heteroatoms. The van der Waals surface area contributed by atoms with Crippen molar-refractivity contribution < 1.29 is 4.79 Å². The maximum atomic E-state index is 11.6. The number of aromatic nitrogens is 1. The number of nitrogens with zero attached hydrogens (tertiary/aromatic N) is 1. The molecule has 1 aromatic heterocycles. The maximum absolute atomic E-state index is 11.6. The SMILES string of the molecule is CSC(C)CCNC(=O)c1csc(CN)n1. The third-order valence-electron chi connectivity index (χ3n) is 2.20. The molecular formula is C10H17N3OS2. The second-order valence-electron chi connectivity index (χ2n) is 3.42. The van der Waals surface area contributed by atoms with Crippen LogP contribution in [-0.2, 0) is 6.54 Å². The minimum atomic E-state index is -0.107. The molecule has 0 radical (unpaired) electrons. The van der Waals surface area contributed by atoms with E-state index >= 15 is 0 Å². The molecule has 0 aliphatic heterocycles. The van der Waals surface area contributed by atoms with Gasteiger partial charge in [0.15, 0.2) is 0 Å². The van der Waals surface area contributed by atoms with E-state index in [1.165, 1.54) is 11.3 Å². The summed E-state index contributed by atoms with van der Waals surface area (Å²) in [5, 5.41) is 5.96. The molecule has 4 nitrogen and oxygen atoms in total. The third kappa shape index (κ3) is 4.11. The van der Waals surface area contributed by atoms with Gasteiger partial charge >= 0.3 is 0 Å². The number of carbonyl (C=O) groups is 1. The van der Waals surface area contributed by atoms with Gasteiger partial charge in [-0.25, -0.2) is 4.98 Å². The summed E-state index contributed by atoms with van der Waals surface area (Å²) in [4.78, 5) is 15.8. The summed E-state index contributed by atoms with van der Waals surface area (Å²) in [7, 11) is 0. The van der Waals surface area contributed by atoms with Crippen LogP contribution in [0.5, 0.6) is 0 Å². The van der Waals surface area contributed by atoms with Crippen molar-refractivity contribution in [3.63, 3.8) is 0 Å². The molecule has 0 aliphatic rings. The molecule has 1 aromatic rings. The van der Waals surface area contributed by atoms with E-state index in [-0.39, 0.29) is 5.91 Å². The standard InChI is InChI=1S/C10H17N3OS2/c1-7(15-2)3-4-12-10(14)8-6-16-9(5-11)13-8/h6-7H,3-5,11H2,1-2H3,(H,12,14). The lowest BCUT2D eigenvalue weighted by molar-refractivity contribution is 0.0949. The first-order chi connectivity index (χ1) is 7.67. The number of thiazole rings is 1. The third-order valence-corrected chi connectivity index (χ3v) is 4.11. The first-order valence-corrected chi connectivity index (χ1v) is 7.29. The van der Waals surface area contributed by atoms with Crippen LogP contribution in [0.4, 0.5) is 0 Å². The van der Waals surface area contributed by atoms with E-state index in [4.69, 9.17) is 5.73 Å². The van der Waals surface area contributed by atoms with Gasteiger partial charge in [-0.1, -0.05) is 6.92 Å². The predicted octanol–water partition coefficient (Wildman–Crippen LogP) is 1.47. The molecule has 0 fully saturated rings. The van der Waals surface area contributed by atoms with Crippen molar-refractivity contribution in [2.24, 2.45) is 5.73 Å². The van der Waals surface area contributed by atoms with E-state index in [0.717, 1.165) is 11.4 Å². The van der Waals surface area contributed by atoms with E-state index in [9.17, 15) is 4.79 Å². The molecule has 1 rings (SSSR count). The lowest BCUT2D eigenvalue weighted by Crippen LogP contribution is -2.26. The molecule has 0 spiro atoms. The number of rotatable bonds is 6. The summed E-state index contributed by atoms with van der Waals surface area (Å²) in [6.45, 7) is 3.23. The van der Waals surface area contributed by atoms with Crippen molar-refractivity contribution in [3.8, 4) is 0 Å². The molecule has 0 saturated carbocycles. The zero-order valence-corrected chi connectivity index (χ0v) is 11.2. The second kappa shape index (κ2) is 6.88. The fourth-order valence-electron chi connectivity index (χ4n) is 1.11. The van der Waals surface area contributed by atoms with Gasteiger partial charge in [0.05, 0.1) is 0 Å². The Bertz CT molecular complexity index is 341. The Morgan fingerprint density at radius 1 is 1.75 bits per heavy atom. The van der Waals surface area contributed by atoms with Crippen molar-refractivity contribution >= 4 is 29.0 Å². The first-order valence-electron chi connectivity index (χ1n) is 5.12. The number of amides is 1. The molecule has 16 heavy (non-hydrogen) atoms. The Hall–Kier alpha value is -0.590. The van der Waals surface area contributed by atoms with Crippen LogP contribution in [0.2, 0.25) is 0 Å². The van der Waals surface area contributed by atoms with Crippen LogP contribution in [0.1, 0.15) is 28.8 Å². The first kappa shape index (κ1) is 13.5. The topological polar surface area (TPSA) is 68.0 Å². The molecule has 1 heterocycles. The monoisotopic (exact) mass is 259 g/mol. The normalized spacial score (nSPS) is 12.4. The van der Waals surface area contributed by atoms with Crippen LogP contribution < -0.4 is 11.1 Å². The van der Waals surface area contributed by atoms with Crippen molar-refractivity contribution in [2.75, 3.05) is 12.8 Å². The summed E-state index contributed by atoms with van der Waals surface area (Å²) in [5.41, 5.74) is 5.91. The second-order valence-corrected chi connectivity index (χ2v) is 5.64. The number of nitrogens with one attached hydrogen (secondary N) is 1. The minimum absolute atomic E-state index is 0.107. The number of carbonyl (C=O) groups excluding carboxylic acids is 1. The van der Waals surface area contributed by atoms with Crippen molar-refractivity contribution in [1.29, 1.82) is 0 Å². The van der Waals surface area contributed by atoms with E-state index in [0.29, 0.717) is 24.0 Å². The maximum Gasteiger partial charge on any atom is 0.270 e. The molecule has 0 bridgehead atoms. The summed E-state index contributed by atoms with van der Waals surface area (Å²) in [5.74, 6) is -0.107. The van der Waals surface area contributed by atoms with E-state index in [1.807, 2.05) is 0 Å². The summed E-state index contributed by atoms with van der Waals surface area (Å²) in [6, 6.07) is 0. The van der Waals surface area contributed by atoms with E-state index < -0.39 is 0 Å². The highest BCUT2D eigenvalue weighted by Gasteiger charge is 2.09. The quantitative estimate of drug-likeness (QED) is 0.812. The Morgan fingerprint density at radius 2 is 2.50 bits per heavy atom. The molecule has 3 N–H and O–H groups in total. The van der Waals surface area contributed by atoms with Crippen LogP contribution in [-0.4, -0.2) is 28.9 Å². The van der Waals surface area contributed by atoms with Crippen molar-refractivity contribution in [3.05, 3.63) is 16.1 Å². The number of thioether (sulfide) groups is 1. The van der Waals surface area contributed by atoms with Gasteiger partial charge in [0.1, 0.15) is 10.7 Å². The smallest absolute Gasteiger partial charge is 0.270 e. The Kier molecular flexibility index (Phi) is 5.79. The summed E-state index contributed by atoms with van der Waals surface area (Å²) < 4.78 is 0. The van der Waals surface area contributed by atoms with Crippen LogP contribution in [0.15, 0.2) is 5.38 Å². The molecule has 1 amide bonds. The average molecular weight is 259 g/mol. The van der Waals surface area contributed by atoms with Crippen molar-refractivity contribution in [2.45, 2.75) is 25.1 Å². The van der Waals surface area contributed by atoms with Gasteiger partial charge in [-0.15, -0.1) is 11.3 Å². The lowest BCUT2D eigenvalue weighted by Gasteiger charge is -2.07. The predicted molar refractivity (Wildman–Crippen MR) is 69.9 cm³/mol. The molecule has 0 saturated heterocycles. The van der Waals surface area contributed by atoms with Gasteiger partial charge in [-0.2, -0.15) is 11.8 Å². The van der Waals surface area contributed by atoms with Crippen LogP contribution in [0.25, 0.3) is 0 Å². The highest BCUT2D eigenvalue weighted by atomic mass is 32.2. The Labute approximate surface area is 104 Å². The molecule has 90 valence electrons. The largest absolute Gasteiger partial charge is 0.351 e. The Balaban J connectivity index is 2.35. The fourth-order valence-corrected chi connectivity index (χ4v) is 2.11. The highest BCUT2D eigenvalue weighted by Crippen LogP contribution is 2.10. The minimum Gasteiger partial charge on any atom is -0.351 e. The molecule has 0 aromatic carbocycles.